The van der Waals surface area contributed by atoms with Crippen LogP contribution in [0.3, 0.4) is 0 Å². The van der Waals surface area contributed by atoms with Gasteiger partial charge in [-0.25, -0.2) is 4.79 Å². The topological polar surface area (TPSA) is 81.4 Å². The molecule has 2 saturated carbocycles. The number of nitrogens with zero attached hydrogens (tertiary/aromatic N) is 2. The van der Waals surface area contributed by atoms with Crippen molar-refractivity contribution in [2.24, 2.45) is 23.7 Å². The van der Waals surface area contributed by atoms with Gasteiger partial charge < -0.3 is 10.0 Å². The van der Waals surface area contributed by atoms with Crippen molar-refractivity contribution < 1.29 is 14.7 Å². The predicted octanol–water partition coefficient (Wildman–Crippen LogP) is 8.95. The SMILES string of the molecule is CC.CC.CC1CCC(C(=O)N(CC2CCC(C#N)CC2)c2cc(C3=CCCCC3)sc2C(=O)O)CC1. The summed E-state index contributed by atoms with van der Waals surface area (Å²) in [5.41, 5.74) is 1.83. The molecule has 1 amide bonds. The lowest BCUT2D eigenvalue weighted by Gasteiger charge is -2.35. The number of carbonyl (C=O) groups excluding carboxylic acids is 1. The molecule has 2 fully saturated rings. The van der Waals surface area contributed by atoms with Gasteiger partial charge in [0.1, 0.15) is 4.88 Å². The van der Waals surface area contributed by atoms with Gasteiger partial charge >= 0.3 is 5.97 Å². The van der Waals surface area contributed by atoms with Crippen molar-refractivity contribution in [1.29, 1.82) is 5.26 Å². The van der Waals surface area contributed by atoms with E-state index < -0.39 is 5.97 Å². The third-order valence-corrected chi connectivity index (χ3v) is 9.09. The highest BCUT2D eigenvalue weighted by molar-refractivity contribution is 7.15. The van der Waals surface area contributed by atoms with Gasteiger partial charge in [-0.3, -0.25) is 4.79 Å². The average molecular weight is 529 g/mol. The molecule has 6 heteroatoms. The summed E-state index contributed by atoms with van der Waals surface area (Å²) in [6.45, 7) is 10.8. The molecule has 37 heavy (non-hydrogen) atoms. The van der Waals surface area contributed by atoms with E-state index in [1.54, 1.807) is 0 Å². The number of thiophene rings is 1. The lowest BCUT2D eigenvalue weighted by Crippen LogP contribution is -2.41. The predicted molar refractivity (Wildman–Crippen MR) is 155 cm³/mol. The highest BCUT2D eigenvalue weighted by atomic mass is 32.1. The number of carboxylic acid groups (broad SMARTS) is 1. The molecular formula is C31H48N2O3S. The standard InChI is InChI=1S/C27H36N2O3S.2C2H6/c1-18-7-13-22(14-8-18)26(30)29(17-20-11-9-19(16-28)10-12-20)23-15-24(33-25(23)27(31)32)21-5-3-2-4-6-21;2*1-2/h5,15,18-20,22H,2-4,6-14,17H2,1H3,(H,31,32);2*1-2H3. The van der Waals surface area contributed by atoms with Crippen LogP contribution in [0.25, 0.3) is 5.57 Å². The zero-order chi connectivity index (χ0) is 27.4. The number of nitriles is 1. The lowest BCUT2D eigenvalue weighted by atomic mass is 9.80. The molecule has 0 aromatic carbocycles. The van der Waals surface area contributed by atoms with E-state index >= 15 is 0 Å². The Balaban J connectivity index is 0.00000115. The molecule has 0 radical (unpaired) electrons. The normalized spacial score (nSPS) is 25.2. The van der Waals surface area contributed by atoms with Crippen LogP contribution in [0, 0.1) is 35.0 Å². The molecule has 3 aliphatic carbocycles. The van der Waals surface area contributed by atoms with Gasteiger partial charge in [0.25, 0.3) is 0 Å². The van der Waals surface area contributed by atoms with Crippen molar-refractivity contribution in [2.45, 2.75) is 112 Å². The van der Waals surface area contributed by atoms with Crippen molar-refractivity contribution in [3.63, 3.8) is 0 Å². The molecule has 0 spiro atoms. The molecule has 0 atom stereocenters. The second-order valence-corrected chi connectivity index (χ2v) is 11.4. The fraction of sp³-hybridized carbons (Fsp3) is 0.710. The van der Waals surface area contributed by atoms with Crippen molar-refractivity contribution in [3.05, 3.63) is 21.9 Å². The maximum Gasteiger partial charge on any atom is 0.348 e. The van der Waals surface area contributed by atoms with Crippen molar-refractivity contribution in [3.8, 4) is 6.07 Å². The van der Waals surface area contributed by atoms with Crippen LogP contribution in [0.15, 0.2) is 12.1 Å². The summed E-state index contributed by atoms with van der Waals surface area (Å²) in [4.78, 5) is 29.2. The monoisotopic (exact) mass is 528 g/mol. The van der Waals surface area contributed by atoms with Crippen LogP contribution in [-0.2, 0) is 4.79 Å². The van der Waals surface area contributed by atoms with E-state index in [-0.39, 0.29) is 17.7 Å². The molecule has 206 valence electrons. The highest BCUT2D eigenvalue weighted by Gasteiger charge is 2.34. The van der Waals surface area contributed by atoms with Crippen LogP contribution < -0.4 is 4.90 Å². The van der Waals surface area contributed by atoms with E-state index in [2.05, 4.69) is 19.1 Å². The van der Waals surface area contributed by atoms with Crippen molar-refractivity contribution >= 4 is 34.5 Å². The van der Waals surface area contributed by atoms with Gasteiger partial charge in [0.05, 0.1) is 11.8 Å². The Labute approximate surface area is 228 Å². The molecule has 0 aliphatic heterocycles. The quantitative estimate of drug-likeness (QED) is 0.399. The van der Waals surface area contributed by atoms with Crippen LogP contribution in [0.1, 0.15) is 126 Å². The zero-order valence-electron chi connectivity index (χ0n) is 23.7. The maximum atomic E-state index is 13.8. The molecule has 0 saturated heterocycles. The number of carboxylic acids is 1. The maximum absolute atomic E-state index is 13.8. The van der Waals surface area contributed by atoms with E-state index in [0.717, 1.165) is 75.5 Å². The first-order chi connectivity index (χ1) is 18.0. The average Bonchev–Trinajstić information content (AvgIpc) is 3.40. The number of allylic oxidation sites excluding steroid dienone is 2. The van der Waals surface area contributed by atoms with Crippen LogP contribution in [0.2, 0.25) is 0 Å². The molecule has 1 aromatic rings. The van der Waals surface area contributed by atoms with E-state index in [0.29, 0.717) is 28.9 Å². The van der Waals surface area contributed by atoms with Crippen molar-refractivity contribution in [2.75, 3.05) is 11.4 Å². The smallest absolute Gasteiger partial charge is 0.348 e. The van der Waals surface area contributed by atoms with Crippen LogP contribution >= 0.6 is 11.3 Å². The van der Waals surface area contributed by atoms with Gasteiger partial charge in [-0.15, -0.1) is 11.3 Å². The molecule has 4 rings (SSSR count). The minimum atomic E-state index is -0.944. The first-order valence-electron chi connectivity index (χ1n) is 14.7. The molecular weight excluding hydrogens is 480 g/mol. The Morgan fingerprint density at radius 1 is 1.03 bits per heavy atom. The lowest BCUT2D eigenvalue weighted by molar-refractivity contribution is -0.123. The summed E-state index contributed by atoms with van der Waals surface area (Å²) in [5.74, 6) is 0.236. The van der Waals surface area contributed by atoms with Crippen LogP contribution in [0.4, 0.5) is 5.69 Å². The third-order valence-electron chi connectivity index (χ3n) is 7.91. The number of amides is 1. The molecule has 1 heterocycles. The Hall–Kier alpha value is -2.13. The molecule has 5 nitrogen and oxygen atoms in total. The van der Waals surface area contributed by atoms with Gasteiger partial charge in [-0.05, 0) is 101 Å². The second kappa shape index (κ2) is 16.0. The van der Waals surface area contributed by atoms with E-state index in [9.17, 15) is 20.0 Å². The van der Waals surface area contributed by atoms with Gasteiger partial charge in [-0.2, -0.15) is 5.26 Å². The van der Waals surface area contributed by atoms with Gasteiger partial charge in [0, 0.05) is 23.3 Å². The summed E-state index contributed by atoms with van der Waals surface area (Å²) in [6, 6.07) is 4.37. The number of hydrogen-bond acceptors (Lipinski definition) is 4. The summed E-state index contributed by atoms with van der Waals surface area (Å²) in [7, 11) is 0. The summed E-state index contributed by atoms with van der Waals surface area (Å²) < 4.78 is 0. The molecule has 1 N–H and O–H groups in total. The minimum Gasteiger partial charge on any atom is -0.477 e. The fourth-order valence-corrected chi connectivity index (χ4v) is 6.79. The highest BCUT2D eigenvalue weighted by Crippen LogP contribution is 2.41. The van der Waals surface area contributed by atoms with E-state index in [1.165, 1.54) is 23.3 Å². The van der Waals surface area contributed by atoms with Crippen LogP contribution in [-0.4, -0.2) is 23.5 Å². The van der Waals surface area contributed by atoms with Crippen LogP contribution in [0.5, 0.6) is 0 Å². The van der Waals surface area contributed by atoms with Gasteiger partial charge in [0.15, 0.2) is 0 Å². The number of anilines is 1. The number of rotatable bonds is 6. The van der Waals surface area contributed by atoms with Gasteiger partial charge in [0.2, 0.25) is 5.91 Å². The van der Waals surface area contributed by atoms with E-state index in [1.807, 2.05) is 38.7 Å². The fourth-order valence-electron chi connectivity index (χ4n) is 5.72. The first kappa shape index (κ1) is 31.1. The summed E-state index contributed by atoms with van der Waals surface area (Å²) >= 11 is 1.33. The number of hydrogen-bond donors (Lipinski definition) is 1. The summed E-state index contributed by atoms with van der Waals surface area (Å²) in [6.07, 6.45) is 14.1. The molecule has 1 aromatic heterocycles. The Morgan fingerprint density at radius 2 is 1.68 bits per heavy atom. The second-order valence-electron chi connectivity index (χ2n) is 10.4. The first-order valence-corrected chi connectivity index (χ1v) is 15.6. The van der Waals surface area contributed by atoms with Gasteiger partial charge in [-0.1, -0.05) is 40.7 Å². The molecule has 3 aliphatic rings. The molecule has 0 bridgehead atoms. The Kier molecular flexibility index (Phi) is 13.4. The summed E-state index contributed by atoms with van der Waals surface area (Å²) in [5, 5.41) is 19.3. The molecule has 0 unspecified atom stereocenters. The van der Waals surface area contributed by atoms with E-state index in [4.69, 9.17) is 0 Å². The van der Waals surface area contributed by atoms with Crippen molar-refractivity contribution in [1.82, 2.24) is 0 Å². The Bertz CT molecular complexity index is 929. The Morgan fingerprint density at radius 3 is 2.22 bits per heavy atom. The number of carbonyl (C=O) groups is 2. The third kappa shape index (κ3) is 8.43. The largest absolute Gasteiger partial charge is 0.477 e. The minimum absolute atomic E-state index is 0.0180. The number of aromatic carboxylic acids is 1. The zero-order valence-corrected chi connectivity index (χ0v) is 24.5.